The summed E-state index contributed by atoms with van der Waals surface area (Å²) in [6.45, 7) is 0. The van der Waals surface area contributed by atoms with Crippen LogP contribution in [0.25, 0.3) is 21.9 Å². The van der Waals surface area contributed by atoms with E-state index in [4.69, 9.17) is 4.74 Å². The molecule has 0 spiro atoms. The maximum atomic E-state index is 9.94. The zero-order valence-corrected chi connectivity index (χ0v) is 12.6. The Morgan fingerprint density at radius 2 is 2.14 bits per heavy atom. The van der Waals surface area contributed by atoms with Gasteiger partial charge in [0.15, 0.2) is 0 Å². The molecule has 0 radical (unpaired) electrons. The number of thiazole rings is 1. The molecule has 3 rings (SSSR count). The highest BCUT2D eigenvalue weighted by Crippen LogP contribution is 2.31. The molecule has 0 aliphatic rings. The van der Waals surface area contributed by atoms with Gasteiger partial charge in [-0.25, -0.2) is 4.98 Å². The van der Waals surface area contributed by atoms with E-state index in [9.17, 15) is 10.4 Å². The van der Waals surface area contributed by atoms with Crippen molar-refractivity contribution in [2.45, 2.75) is 0 Å². The molecule has 22 heavy (non-hydrogen) atoms. The number of phenolic OH excluding ortho intramolecular Hbond substituents is 1. The van der Waals surface area contributed by atoms with Gasteiger partial charge in [-0.2, -0.15) is 5.26 Å². The van der Waals surface area contributed by atoms with Gasteiger partial charge in [0, 0.05) is 5.56 Å². The molecule has 3 aromatic rings. The first kappa shape index (κ1) is 14.1. The Kier molecular flexibility index (Phi) is 3.77. The molecular weight excluding hydrogens is 296 g/mol. The van der Waals surface area contributed by atoms with Crippen LogP contribution in [0.3, 0.4) is 0 Å². The van der Waals surface area contributed by atoms with Crippen LogP contribution in [0.2, 0.25) is 0 Å². The number of allylic oxidation sites excluding steroid dienone is 1. The minimum atomic E-state index is 0.0923. The van der Waals surface area contributed by atoms with Gasteiger partial charge in [0.1, 0.15) is 22.6 Å². The number of fused-ring (bicyclic) bond motifs is 1. The van der Waals surface area contributed by atoms with Gasteiger partial charge < -0.3 is 9.84 Å². The van der Waals surface area contributed by atoms with Gasteiger partial charge in [-0.1, -0.05) is 12.1 Å². The van der Waals surface area contributed by atoms with Gasteiger partial charge in [0.05, 0.1) is 22.9 Å². The Morgan fingerprint density at radius 1 is 1.32 bits per heavy atom. The van der Waals surface area contributed by atoms with Crippen LogP contribution < -0.4 is 4.74 Å². The van der Waals surface area contributed by atoms with E-state index >= 15 is 0 Å². The normalized spacial score (nSPS) is 11.4. The third-order valence-corrected chi connectivity index (χ3v) is 4.25. The SMILES string of the molecule is COc1ccc(O)c(/C=C(\C#N)c2nc3ccccc3s2)c1. The quantitative estimate of drug-likeness (QED) is 0.741. The van der Waals surface area contributed by atoms with Gasteiger partial charge in [-0.3, -0.25) is 0 Å². The van der Waals surface area contributed by atoms with E-state index < -0.39 is 0 Å². The van der Waals surface area contributed by atoms with Crippen LogP contribution in [0.1, 0.15) is 10.6 Å². The molecule has 1 aromatic heterocycles. The van der Waals surface area contributed by atoms with Crippen LogP contribution in [0, 0.1) is 11.3 Å². The predicted octanol–water partition coefficient (Wildman–Crippen LogP) is 4.07. The highest BCUT2D eigenvalue weighted by atomic mass is 32.1. The average molecular weight is 308 g/mol. The van der Waals surface area contributed by atoms with Crippen molar-refractivity contribution in [3.8, 4) is 17.6 Å². The van der Waals surface area contributed by atoms with Crippen molar-refractivity contribution >= 4 is 33.2 Å². The lowest BCUT2D eigenvalue weighted by Gasteiger charge is -2.03. The Bertz CT molecular complexity index is 873. The fourth-order valence-electron chi connectivity index (χ4n) is 2.06. The molecule has 1 N–H and O–H groups in total. The number of aromatic hydroxyl groups is 1. The van der Waals surface area contributed by atoms with Crippen molar-refractivity contribution in [3.63, 3.8) is 0 Å². The monoisotopic (exact) mass is 308 g/mol. The highest BCUT2D eigenvalue weighted by Gasteiger charge is 2.10. The Labute approximate surface area is 131 Å². The van der Waals surface area contributed by atoms with Crippen molar-refractivity contribution < 1.29 is 9.84 Å². The van der Waals surface area contributed by atoms with Crippen molar-refractivity contribution in [1.29, 1.82) is 5.26 Å². The van der Waals surface area contributed by atoms with Crippen LogP contribution in [0.4, 0.5) is 0 Å². The predicted molar refractivity (Wildman–Crippen MR) is 87.8 cm³/mol. The smallest absolute Gasteiger partial charge is 0.135 e. The lowest BCUT2D eigenvalue weighted by atomic mass is 10.1. The number of nitriles is 1. The van der Waals surface area contributed by atoms with Gasteiger partial charge in [0.25, 0.3) is 0 Å². The van der Waals surface area contributed by atoms with E-state index in [1.165, 1.54) is 17.4 Å². The fourth-order valence-corrected chi connectivity index (χ4v) is 2.99. The largest absolute Gasteiger partial charge is 0.507 e. The summed E-state index contributed by atoms with van der Waals surface area (Å²) in [7, 11) is 1.55. The van der Waals surface area contributed by atoms with Crippen molar-refractivity contribution in [2.75, 3.05) is 7.11 Å². The Morgan fingerprint density at radius 3 is 2.86 bits per heavy atom. The van der Waals surface area contributed by atoms with Crippen LogP contribution in [0.15, 0.2) is 42.5 Å². The summed E-state index contributed by atoms with van der Waals surface area (Å²) in [6, 6.07) is 14.8. The number of rotatable bonds is 3. The van der Waals surface area contributed by atoms with Gasteiger partial charge in [0.2, 0.25) is 0 Å². The molecule has 4 nitrogen and oxygen atoms in total. The lowest BCUT2D eigenvalue weighted by Crippen LogP contribution is -1.85. The van der Waals surface area contributed by atoms with Crippen molar-refractivity contribution in [1.82, 2.24) is 4.98 Å². The number of nitrogens with zero attached hydrogens (tertiary/aromatic N) is 2. The number of para-hydroxylation sites is 1. The summed E-state index contributed by atoms with van der Waals surface area (Å²) >= 11 is 1.45. The minimum absolute atomic E-state index is 0.0923. The first-order valence-electron chi connectivity index (χ1n) is 6.56. The summed E-state index contributed by atoms with van der Waals surface area (Å²) in [6.07, 6.45) is 1.62. The number of hydrogen-bond donors (Lipinski definition) is 1. The number of aromatic nitrogens is 1. The molecule has 0 fully saturated rings. The Hall–Kier alpha value is -2.84. The first-order chi connectivity index (χ1) is 10.7. The molecule has 0 saturated carbocycles. The van der Waals surface area contributed by atoms with E-state index in [1.807, 2.05) is 24.3 Å². The third-order valence-electron chi connectivity index (χ3n) is 3.18. The molecule has 0 saturated heterocycles. The van der Waals surface area contributed by atoms with E-state index in [0.717, 1.165) is 10.2 Å². The molecule has 0 aliphatic carbocycles. The second-order valence-corrected chi connectivity index (χ2v) is 5.61. The molecule has 0 aliphatic heterocycles. The molecular formula is C17H12N2O2S. The molecule has 0 unspecified atom stereocenters. The molecule has 0 atom stereocenters. The summed E-state index contributed by atoms with van der Waals surface area (Å²) in [5.74, 6) is 0.709. The average Bonchev–Trinajstić information content (AvgIpc) is 2.97. The second-order valence-electron chi connectivity index (χ2n) is 4.58. The standard InChI is InChI=1S/C17H12N2O2S/c1-21-13-6-7-15(20)11(9-13)8-12(10-18)17-19-14-4-2-3-5-16(14)22-17/h2-9,20H,1H3/b12-8+. The lowest BCUT2D eigenvalue weighted by molar-refractivity contribution is 0.412. The van der Waals surface area contributed by atoms with E-state index in [2.05, 4.69) is 11.1 Å². The molecule has 0 bridgehead atoms. The van der Waals surface area contributed by atoms with Crippen LogP contribution in [-0.2, 0) is 0 Å². The third kappa shape index (κ3) is 2.65. The van der Waals surface area contributed by atoms with Crippen LogP contribution in [-0.4, -0.2) is 17.2 Å². The minimum Gasteiger partial charge on any atom is -0.507 e. The van der Waals surface area contributed by atoms with Crippen molar-refractivity contribution in [2.24, 2.45) is 0 Å². The first-order valence-corrected chi connectivity index (χ1v) is 7.37. The number of hydrogen-bond acceptors (Lipinski definition) is 5. The highest BCUT2D eigenvalue weighted by molar-refractivity contribution is 7.19. The number of methoxy groups -OCH3 is 1. The fraction of sp³-hybridized carbons (Fsp3) is 0.0588. The van der Waals surface area contributed by atoms with E-state index in [1.54, 1.807) is 25.3 Å². The molecule has 2 aromatic carbocycles. The molecule has 1 heterocycles. The maximum Gasteiger partial charge on any atom is 0.135 e. The van der Waals surface area contributed by atoms with Crippen LogP contribution in [0.5, 0.6) is 11.5 Å². The summed E-state index contributed by atoms with van der Waals surface area (Å²) < 4.78 is 6.16. The summed E-state index contributed by atoms with van der Waals surface area (Å²) in [5, 5.41) is 20.0. The van der Waals surface area contributed by atoms with Gasteiger partial charge >= 0.3 is 0 Å². The van der Waals surface area contributed by atoms with Gasteiger partial charge in [-0.05, 0) is 36.4 Å². The number of phenols is 1. The Balaban J connectivity index is 2.09. The van der Waals surface area contributed by atoms with Crippen molar-refractivity contribution in [3.05, 3.63) is 53.0 Å². The molecule has 108 valence electrons. The summed E-state index contributed by atoms with van der Waals surface area (Å²) in [5.41, 5.74) is 1.79. The second kappa shape index (κ2) is 5.88. The number of ether oxygens (including phenoxy) is 1. The van der Waals surface area contributed by atoms with E-state index in [-0.39, 0.29) is 5.75 Å². The zero-order valence-electron chi connectivity index (χ0n) is 11.8. The van der Waals surface area contributed by atoms with Crippen LogP contribution >= 0.6 is 11.3 Å². The molecule has 5 heteroatoms. The zero-order chi connectivity index (χ0) is 15.5. The number of benzene rings is 2. The molecule has 0 amide bonds. The summed E-state index contributed by atoms with van der Waals surface area (Å²) in [4.78, 5) is 4.47. The topological polar surface area (TPSA) is 66.1 Å². The maximum absolute atomic E-state index is 9.94. The van der Waals surface area contributed by atoms with Gasteiger partial charge in [-0.15, -0.1) is 11.3 Å². The van der Waals surface area contributed by atoms with E-state index in [0.29, 0.717) is 21.9 Å².